The molecule has 3 nitrogen and oxygen atoms in total. The van der Waals surface area contributed by atoms with Gasteiger partial charge in [0.05, 0.1) is 18.2 Å². The summed E-state index contributed by atoms with van der Waals surface area (Å²) in [6.07, 6.45) is 0. The molecule has 0 aromatic heterocycles. The lowest BCUT2D eigenvalue weighted by Crippen LogP contribution is -1.98. The second-order valence-electron chi connectivity index (χ2n) is 3.84. The maximum absolute atomic E-state index is 10.9. The first-order chi connectivity index (χ1) is 9.20. The number of aromatic carboxylic acids is 1. The van der Waals surface area contributed by atoms with E-state index in [0.29, 0.717) is 11.3 Å². The molecule has 2 rings (SSSR count). The van der Waals surface area contributed by atoms with Gasteiger partial charge in [-0.2, -0.15) is 0 Å². The highest BCUT2D eigenvalue weighted by Crippen LogP contribution is 2.19. The van der Waals surface area contributed by atoms with E-state index in [9.17, 15) is 4.79 Å². The van der Waals surface area contributed by atoms with Crippen LogP contribution in [0.5, 0.6) is 5.75 Å². The van der Waals surface area contributed by atoms with Crippen molar-refractivity contribution in [1.29, 1.82) is 0 Å². The van der Waals surface area contributed by atoms with Crippen molar-refractivity contribution in [1.82, 2.24) is 0 Å². The number of carboxylic acid groups (broad SMARTS) is 1. The molecule has 0 radical (unpaired) electrons. The Balaban J connectivity index is 2.41. The van der Waals surface area contributed by atoms with Crippen molar-refractivity contribution in [3.05, 3.63) is 65.2 Å². The first kappa shape index (κ1) is 12.7. The van der Waals surface area contributed by atoms with E-state index in [1.165, 1.54) is 19.2 Å². The van der Waals surface area contributed by atoms with Gasteiger partial charge < -0.3 is 9.84 Å². The van der Waals surface area contributed by atoms with Gasteiger partial charge in [0.25, 0.3) is 0 Å². The third-order valence-corrected chi connectivity index (χ3v) is 2.56. The quantitative estimate of drug-likeness (QED) is 0.836. The molecule has 0 aliphatic rings. The number of hydrogen-bond donors (Lipinski definition) is 1. The average Bonchev–Trinajstić information content (AvgIpc) is 2.45. The maximum atomic E-state index is 10.9. The van der Waals surface area contributed by atoms with Crippen molar-refractivity contribution in [2.75, 3.05) is 7.11 Å². The van der Waals surface area contributed by atoms with Crippen molar-refractivity contribution in [3.63, 3.8) is 0 Å². The maximum Gasteiger partial charge on any atom is 0.335 e. The van der Waals surface area contributed by atoms with Gasteiger partial charge >= 0.3 is 5.97 Å². The predicted molar refractivity (Wildman–Crippen MR) is 72.4 cm³/mol. The number of carboxylic acids is 1. The Hall–Kier alpha value is -2.73. The topological polar surface area (TPSA) is 46.5 Å². The van der Waals surface area contributed by atoms with Crippen LogP contribution in [0.3, 0.4) is 0 Å². The number of ether oxygens (including phenoxy) is 1. The molecule has 0 saturated carbocycles. The summed E-state index contributed by atoms with van der Waals surface area (Å²) in [6, 6.07) is 14.1. The van der Waals surface area contributed by atoms with Gasteiger partial charge in [-0.3, -0.25) is 0 Å². The Morgan fingerprint density at radius 1 is 1.11 bits per heavy atom. The van der Waals surface area contributed by atoms with Gasteiger partial charge in [-0.15, -0.1) is 0 Å². The van der Waals surface area contributed by atoms with Crippen LogP contribution >= 0.6 is 0 Å². The fourth-order valence-corrected chi connectivity index (χ4v) is 1.60. The molecule has 2 aromatic rings. The van der Waals surface area contributed by atoms with Crippen molar-refractivity contribution in [2.45, 2.75) is 0 Å². The van der Waals surface area contributed by atoms with E-state index >= 15 is 0 Å². The van der Waals surface area contributed by atoms with Gasteiger partial charge in [-0.05, 0) is 30.3 Å². The van der Waals surface area contributed by atoms with E-state index in [1.807, 2.05) is 30.3 Å². The summed E-state index contributed by atoms with van der Waals surface area (Å²) in [5, 5.41) is 8.97. The minimum atomic E-state index is -0.981. The van der Waals surface area contributed by atoms with Crippen molar-refractivity contribution in [2.24, 2.45) is 0 Å². The van der Waals surface area contributed by atoms with Crippen LogP contribution < -0.4 is 4.74 Å². The van der Waals surface area contributed by atoms with E-state index in [2.05, 4.69) is 11.8 Å². The van der Waals surface area contributed by atoms with E-state index in [1.54, 1.807) is 6.07 Å². The van der Waals surface area contributed by atoms with Crippen molar-refractivity contribution >= 4 is 5.97 Å². The summed E-state index contributed by atoms with van der Waals surface area (Å²) < 4.78 is 5.17. The molecule has 0 fully saturated rings. The van der Waals surface area contributed by atoms with Crippen LogP contribution in [0.25, 0.3) is 0 Å². The number of carbonyl (C=O) groups is 1. The van der Waals surface area contributed by atoms with E-state index in [0.717, 1.165) is 5.56 Å². The van der Waals surface area contributed by atoms with Gasteiger partial charge in [-0.25, -0.2) is 4.79 Å². The smallest absolute Gasteiger partial charge is 0.335 e. The molecule has 0 heterocycles. The molecule has 0 spiro atoms. The second-order valence-corrected chi connectivity index (χ2v) is 3.84. The largest absolute Gasteiger partial charge is 0.495 e. The van der Waals surface area contributed by atoms with Gasteiger partial charge in [0.15, 0.2) is 0 Å². The van der Waals surface area contributed by atoms with E-state index in [-0.39, 0.29) is 5.56 Å². The summed E-state index contributed by atoms with van der Waals surface area (Å²) >= 11 is 0. The van der Waals surface area contributed by atoms with Crippen molar-refractivity contribution < 1.29 is 14.6 Å². The number of hydrogen-bond acceptors (Lipinski definition) is 2. The highest BCUT2D eigenvalue weighted by molar-refractivity contribution is 5.88. The summed E-state index contributed by atoms with van der Waals surface area (Å²) in [4.78, 5) is 10.9. The minimum absolute atomic E-state index is 0.193. The molecule has 0 amide bonds. The Kier molecular flexibility index (Phi) is 3.84. The fourth-order valence-electron chi connectivity index (χ4n) is 1.60. The zero-order valence-electron chi connectivity index (χ0n) is 10.4. The van der Waals surface area contributed by atoms with Crippen LogP contribution in [0.4, 0.5) is 0 Å². The summed E-state index contributed by atoms with van der Waals surface area (Å²) in [7, 11) is 1.53. The predicted octanol–water partition coefficient (Wildman–Crippen LogP) is 2.79. The van der Waals surface area contributed by atoms with Crippen LogP contribution in [0, 0.1) is 11.8 Å². The van der Waals surface area contributed by atoms with Gasteiger partial charge in [0, 0.05) is 5.56 Å². The Bertz CT molecular complexity index is 649. The molecular formula is C16H12O3. The molecule has 0 saturated heterocycles. The van der Waals surface area contributed by atoms with Crippen LogP contribution in [0.2, 0.25) is 0 Å². The first-order valence-electron chi connectivity index (χ1n) is 5.69. The van der Waals surface area contributed by atoms with Gasteiger partial charge in [0.1, 0.15) is 5.75 Å². The minimum Gasteiger partial charge on any atom is -0.495 e. The van der Waals surface area contributed by atoms with E-state index < -0.39 is 5.97 Å². The standard InChI is InChI=1S/C16H12O3/c1-19-15-10-9-14(16(17)18)11-13(15)8-7-12-5-3-2-4-6-12/h2-6,9-11H,1H3,(H,17,18). The Morgan fingerprint density at radius 3 is 2.47 bits per heavy atom. The molecule has 94 valence electrons. The lowest BCUT2D eigenvalue weighted by atomic mass is 10.1. The molecular weight excluding hydrogens is 240 g/mol. The zero-order valence-corrected chi connectivity index (χ0v) is 10.4. The Morgan fingerprint density at radius 2 is 1.84 bits per heavy atom. The van der Waals surface area contributed by atoms with Crippen LogP contribution in [0.15, 0.2) is 48.5 Å². The van der Waals surface area contributed by atoms with Gasteiger partial charge in [0.2, 0.25) is 0 Å². The fraction of sp³-hybridized carbons (Fsp3) is 0.0625. The molecule has 0 aliphatic carbocycles. The Labute approximate surface area is 111 Å². The summed E-state index contributed by atoms with van der Waals surface area (Å²) in [5.41, 5.74) is 1.62. The number of rotatable bonds is 2. The van der Waals surface area contributed by atoms with Crippen LogP contribution in [-0.4, -0.2) is 18.2 Å². The molecule has 0 bridgehead atoms. The van der Waals surface area contributed by atoms with Gasteiger partial charge in [-0.1, -0.05) is 30.0 Å². The molecule has 0 atom stereocenters. The van der Waals surface area contributed by atoms with Crippen LogP contribution in [-0.2, 0) is 0 Å². The molecule has 2 aromatic carbocycles. The van der Waals surface area contributed by atoms with Crippen LogP contribution in [0.1, 0.15) is 21.5 Å². The molecule has 0 aliphatic heterocycles. The second kappa shape index (κ2) is 5.74. The van der Waals surface area contributed by atoms with Crippen molar-refractivity contribution in [3.8, 4) is 17.6 Å². The monoisotopic (exact) mass is 252 g/mol. The third kappa shape index (κ3) is 3.14. The third-order valence-electron chi connectivity index (χ3n) is 2.56. The molecule has 1 N–H and O–H groups in total. The number of methoxy groups -OCH3 is 1. The SMILES string of the molecule is COc1ccc(C(=O)O)cc1C#Cc1ccccc1. The molecule has 3 heteroatoms. The lowest BCUT2D eigenvalue weighted by molar-refractivity contribution is 0.0697. The molecule has 0 unspecified atom stereocenters. The molecule has 19 heavy (non-hydrogen) atoms. The zero-order chi connectivity index (χ0) is 13.7. The summed E-state index contributed by atoms with van der Waals surface area (Å²) in [5.74, 6) is 5.50. The average molecular weight is 252 g/mol. The van der Waals surface area contributed by atoms with E-state index in [4.69, 9.17) is 9.84 Å². The number of benzene rings is 2. The lowest BCUT2D eigenvalue weighted by Gasteiger charge is -2.03. The highest BCUT2D eigenvalue weighted by atomic mass is 16.5. The summed E-state index contributed by atoms with van der Waals surface area (Å²) in [6.45, 7) is 0. The normalized spacial score (nSPS) is 9.32. The highest BCUT2D eigenvalue weighted by Gasteiger charge is 2.07. The first-order valence-corrected chi connectivity index (χ1v) is 5.69.